The predicted octanol–water partition coefficient (Wildman–Crippen LogP) is 3.55. The second-order valence-electron chi connectivity index (χ2n) is 7.43. The van der Waals surface area contributed by atoms with Gasteiger partial charge < -0.3 is 5.32 Å². The summed E-state index contributed by atoms with van der Waals surface area (Å²) in [4.78, 5) is 13.9. The van der Waals surface area contributed by atoms with Gasteiger partial charge in [0.2, 0.25) is 10.0 Å². The average molecular weight is 424 g/mol. The molecule has 0 atom stereocenters. The van der Waals surface area contributed by atoms with Crippen molar-refractivity contribution in [3.63, 3.8) is 0 Å². The highest BCUT2D eigenvalue weighted by Crippen LogP contribution is 2.23. The molecule has 4 rings (SSSR count). The van der Waals surface area contributed by atoms with Gasteiger partial charge in [-0.2, -0.15) is 4.31 Å². The van der Waals surface area contributed by atoms with Gasteiger partial charge in [-0.25, -0.2) is 18.4 Å². The number of nitrogens with zero attached hydrogens (tertiary/aromatic N) is 4. The first kappa shape index (κ1) is 20.4. The first-order valence-electron chi connectivity index (χ1n) is 10.0. The predicted molar refractivity (Wildman–Crippen MR) is 116 cm³/mol. The Bertz CT molecular complexity index is 1130. The molecule has 30 heavy (non-hydrogen) atoms. The summed E-state index contributed by atoms with van der Waals surface area (Å²) in [5, 5.41) is 3.35. The summed E-state index contributed by atoms with van der Waals surface area (Å²) < 4.78 is 26.9. The van der Waals surface area contributed by atoms with E-state index in [0.717, 1.165) is 41.2 Å². The number of aryl methyl sites for hydroxylation is 1. The maximum Gasteiger partial charge on any atom is 0.243 e. The van der Waals surface area contributed by atoms with Crippen molar-refractivity contribution in [3.05, 3.63) is 65.5 Å². The minimum absolute atomic E-state index is 0.347. The lowest BCUT2D eigenvalue weighted by molar-refractivity contribution is 0.477. The fourth-order valence-corrected chi connectivity index (χ4v) is 4.97. The van der Waals surface area contributed by atoms with Crippen molar-refractivity contribution in [2.45, 2.75) is 38.1 Å². The van der Waals surface area contributed by atoms with Crippen LogP contribution in [0.5, 0.6) is 0 Å². The van der Waals surface area contributed by atoms with Crippen LogP contribution in [-0.4, -0.2) is 40.8 Å². The molecule has 0 saturated carbocycles. The summed E-state index contributed by atoms with van der Waals surface area (Å²) in [5.74, 6) is 1.32. The number of nitrogens with one attached hydrogen (secondary N) is 1. The molecule has 0 bridgehead atoms. The van der Waals surface area contributed by atoms with Crippen molar-refractivity contribution in [2.75, 3.05) is 18.4 Å². The zero-order valence-corrected chi connectivity index (χ0v) is 18.0. The molecular weight excluding hydrogens is 398 g/mol. The topological polar surface area (TPSA) is 88.1 Å². The SMILES string of the molecule is Cc1nc(-c2ccccn2)nc(NCc2ccc(S(=O)(=O)N3CCCC3)cc2)c1C. The van der Waals surface area contributed by atoms with Crippen LogP contribution in [0.25, 0.3) is 11.5 Å². The zero-order chi connectivity index (χ0) is 21.1. The Morgan fingerprint density at radius 3 is 2.40 bits per heavy atom. The third-order valence-electron chi connectivity index (χ3n) is 5.37. The van der Waals surface area contributed by atoms with E-state index in [1.807, 2.05) is 44.2 Å². The molecule has 1 N–H and O–H groups in total. The molecule has 0 amide bonds. The van der Waals surface area contributed by atoms with E-state index in [4.69, 9.17) is 0 Å². The number of aromatic nitrogens is 3. The lowest BCUT2D eigenvalue weighted by Gasteiger charge is -2.16. The fourth-order valence-electron chi connectivity index (χ4n) is 3.45. The van der Waals surface area contributed by atoms with Crippen LogP contribution in [0.4, 0.5) is 5.82 Å². The Morgan fingerprint density at radius 1 is 1.00 bits per heavy atom. The van der Waals surface area contributed by atoms with Crippen molar-refractivity contribution in [1.29, 1.82) is 0 Å². The number of anilines is 1. The number of sulfonamides is 1. The molecule has 0 radical (unpaired) electrons. The second-order valence-corrected chi connectivity index (χ2v) is 9.37. The molecule has 3 heterocycles. The van der Waals surface area contributed by atoms with Gasteiger partial charge in [0.1, 0.15) is 11.5 Å². The van der Waals surface area contributed by atoms with Gasteiger partial charge in [-0.15, -0.1) is 0 Å². The number of pyridine rings is 1. The van der Waals surface area contributed by atoms with Gasteiger partial charge in [-0.05, 0) is 56.5 Å². The molecule has 0 aliphatic carbocycles. The monoisotopic (exact) mass is 423 g/mol. The Hall–Kier alpha value is -2.84. The average Bonchev–Trinajstić information content (AvgIpc) is 3.31. The smallest absolute Gasteiger partial charge is 0.243 e. The van der Waals surface area contributed by atoms with E-state index in [1.165, 1.54) is 0 Å². The summed E-state index contributed by atoms with van der Waals surface area (Å²) in [6.45, 7) is 5.67. The van der Waals surface area contributed by atoms with Crippen molar-refractivity contribution < 1.29 is 8.42 Å². The minimum Gasteiger partial charge on any atom is -0.366 e. The van der Waals surface area contributed by atoms with Crippen LogP contribution in [0.2, 0.25) is 0 Å². The maximum absolute atomic E-state index is 12.7. The van der Waals surface area contributed by atoms with Crippen LogP contribution >= 0.6 is 0 Å². The molecule has 1 aliphatic heterocycles. The van der Waals surface area contributed by atoms with Crippen LogP contribution < -0.4 is 5.32 Å². The maximum atomic E-state index is 12.7. The second kappa shape index (κ2) is 8.49. The molecule has 0 spiro atoms. The molecular formula is C22H25N5O2S. The fraction of sp³-hybridized carbons (Fsp3) is 0.318. The summed E-state index contributed by atoms with van der Waals surface area (Å²) in [7, 11) is -3.39. The highest BCUT2D eigenvalue weighted by atomic mass is 32.2. The van der Waals surface area contributed by atoms with Gasteiger partial charge in [0.25, 0.3) is 0 Å². The normalized spacial score (nSPS) is 14.7. The van der Waals surface area contributed by atoms with Crippen LogP contribution in [0.15, 0.2) is 53.6 Å². The number of benzene rings is 1. The van der Waals surface area contributed by atoms with Crippen molar-refractivity contribution in [1.82, 2.24) is 19.3 Å². The molecule has 0 unspecified atom stereocenters. The van der Waals surface area contributed by atoms with Crippen LogP contribution in [0.3, 0.4) is 0 Å². The van der Waals surface area contributed by atoms with Crippen molar-refractivity contribution in [3.8, 4) is 11.5 Å². The van der Waals surface area contributed by atoms with Gasteiger partial charge in [0.15, 0.2) is 5.82 Å². The third-order valence-corrected chi connectivity index (χ3v) is 7.28. The Balaban J connectivity index is 1.50. The zero-order valence-electron chi connectivity index (χ0n) is 17.2. The van der Waals surface area contributed by atoms with Crippen LogP contribution in [-0.2, 0) is 16.6 Å². The van der Waals surface area contributed by atoms with Gasteiger partial charge in [-0.1, -0.05) is 18.2 Å². The van der Waals surface area contributed by atoms with E-state index in [9.17, 15) is 8.42 Å². The van der Waals surface area contributed by atoms with E-state index in [1.54, 1.807) is 22.6 Å². The van der Waals surface area contributed by atoms with Gasteiger partial charge >= 0.3 is 0 Å². The largest absolute Gasteiger partial charge is 0.366 e. The first-order chi connectivity index (χ1) is 14.4. The Morgan fingerprint density at radius 2 is 1.73 bits per heavy atom. The highest BCUT2D eigenvalue weighted by molar-refractivity contribution is 7.89. The van der Waals surface area contributed by atoms with E-state index < -0.39 is 10.0 Å². The molecule has 1 fully saturated rings. The first-order valence-corrected chi connectivity index (χ1v) is 11.5. The lowest BCUT2D eigenvalue weighted by atomic mass is 10.2. The van der Waals surface area contributed by atoms with E-state index in [0.29, 0.717) is 30.4 Å². The standard InChI is InChI=1S/C22H25N5O2S/c1-16-17(2)25-22(20-7-3-4-12-23-20)26-21(16)24-15-18-8-10-19(11-9-18)30(28,29)27-13-5-6-14-27/h3-4,7-12H,5-6,13-15H2,1-2H3,(H,24,25,26). The molecule has 3 aromatic rings. The van der Waals surface area contributed by atoms with Crippen molar-refractivity contribution >= 4 is 15.8 Å². The van der Waals surface area contributed by atoms with Gasteiger partial charge in [0.05, 0.1) is 4.90 Å². The molecule has 1 aliphatic rings. The Labute approximate surface area is 177 Å². The van der Waals surface area contributed by atoms with Crippen LogP contribution in [0, 0.1) is 13.8 Å². The highest BCUT2D eigenvalue weighted by Gasteiger charge is 2.26. The van der Waals surface area contributed by atoms with Gasteiger partial charge in [0, 0.05) is 37.1 Å². The minimum atomic E-state index is -3.39. The Kier molecular flexibility index (Phi) is 5.78. The molecule has 7 nitrogen and oxygen atoms in total. The summed E-state index contributed by atoms with van der Waals surface area (Å²) in [6.07, 6.45) is 3.58. The number of hydrogen-bond acceptors (Lipinski definition) is 6. The summed E-state index contributed by atoms with van der Waals surface area (Å²) in [5.41, 5.74) is 3.56. The van der Waals surface area contributed by atoms with E-state index in [2.05, 4.69) is 20.3 Å². The molecule has 2 aromatic heterocycles. The molecule has 1 aromatic carbocycles. The van der Waals surface area contributed by atoms with Crippen LogP contribution in [0.1, 0.15) is 29.7 Å². The quantitative estimate of drug-likeness (QED) is 0.652. The van der Waals surface area contributed by atoms with E-state index >= 15 is 0 Å². The number of rotatable bonds is 6. The van der Waals surface area contributed by atoms with E-state index in [-0.39, 0.29) is 0 Å². The lowest BCUT2D eigenvalue weighted by Crippen LogP contribution is -2.27. The van der Waals surface area contributed by atoms with Crippen molar-refractivity contribution in [2.24, 2.45) is 0 Å². The van der Waals surface area contributed by atoms with Gasteiger partial charge in [-0.3, -0.25) is 4.98 Å². The summed E-state index contributed by atoms with van der Waals surface area (Å²) >= 11 is 0. The molecule has 8 heteroatoms. The third kappa shape index (κ3) is 4.20. The molecule has 156 valence electrons. The summed E-state index contributed by atoms with van der Waals surface area (Å²) in [6, 6.07) is 12.7. The molecule has 1 saturated heterocycles. The number of hydrogen-bond donors (Lipinski definition) is 1.